The van der Waals surface area contributed by atoms with Gasteiger partial charge in [0, 0.05) is 25.0 Å². The maximum Gasteiger partial charge on any atom is 0.417 e. The fourth-order valence-electron chi connectivity index (χ4n) is 2.95. The van der Waals surface area contributed by atoms with E-state index < -0.39 is 22.7 Å². The van der Waals surface area contributed by atoms with Crippen molar-refractivity contribution in [3.05, 3.63) is 40.6 Å². The van der Waals surface area contributed by atoms with Crippen LogP contribution in [0.15, 0.2) is 30.0 Å². The van der Waals surface area contributed by atoms with Gasteiger partial charge in [-0.1, -0.05) is 30.9 Å². The number of carbonyl (C=O) groups is 1. The van der Waals surface area contributed by atoms with Gasteiger partial charge >= 0.3 is 6.18 Å². The summed E-state index contributed by atoms with van der Waals surface area (Å²) in [6, 6.07) is 5.13. The summed E-state index contributed by atoms with van der Waals surface area (Å²) in [5.41, 5.74) is -1.28. The van der Waals surface area contributed by atoms with E-state index in [1.54, 1.807) is 7.05 Å². The number of hydrogen-bond donors (Lipinski definition) is 1. The summed E-state index contributed by atoms with van der Waals surface area (Å²) >= 11 is 5.56. The summed E-state index contributed by atoms with van der Waals surface area (Å²) in [5, 5.41) is 11.1. The van der Waals surface area contributed by atoms with E-state index in [1.807, 2.05) is 11.0 Å². The van der Waals surface area contributed by atoms with Crippen molar-refractivity contribution in [1.29, 1.82) is 5.26 Å². The first kappa shape index (κ1) is 20.1. The van der Waals surface area contributed by atoms with E-state index in [0.29, 0.717) is 0 Å². The minimum Gasteiger partial charge on any atom is -0.376 e. The summed E-state index contributed by atoms with van der Waals surface area (Å²) < 4.78 is 38.7. The van der Waals surface area contributed by atoms with Crippen LogP contribution in [-0.4, -0.2) is 23.9 Å². The molecule has 0 aliphatic heterocycles. The topological polar surface area (TPSA) is 56.1 Å². The van der Waals surface area contributed by atoms with E-state index in [4.69, 9.17) is 11.6 Å². The van der Waals surface area contributed by atoms with Crippen molar-refractivity contribution in [2.75, 3.05) is 12.4 Å². The molecule has 1 amide bonds. The lowest BCUT2D eigenvalue weighted by atomic mass is 9.94. The van der Waals surface area contributed by atoms with Crippen molar-refractivity contribution in [1.82, 2.24) is 4.90 Å². The van der Waals surface area contributed by atoms with Gasteiger partial charge in [-0.25, -0.2) is 0 Å². The molecular formula is C18H19ClF3N3O. The van der Waals surface area contributed by atoms with E-state index in [-0.39, 0.29) is 17.3 Å². The van der Waals surface area contributed by atoms with Gasteiger partial charge in [-0.05, 0) is 31.0 Å². The minimum atomic E-state index is -4.63. The van der Waals surface area contributed by atoms with E-state index >= 15 is 0 Å². The van der Waals surface area contributed by atoms with Gasteiger partial charge in [-0.2, -0.15) is 18.4 Å². The molecule has 2 rings (SSSR count). The Kier molecular flexibility index (Phi) is 6.54. The molecule has 26 heavy (non-hydrogen) atoms. The molecule has 1 fully saturated rings. The van der Waals surface area contributed by atoms with Crippen LogP contribution in [0.25, 0.3) is 0 Å². The number of halogens is 4. The molecule has 0 unspecified atom stereocenters. The Hall–Kier alpha value is -2.20. The second-order valence-electron chi connectivity index (χ2n) is 6.26. The Labute approximate surface area is 155 Å². The average Bonchev–Trinajstić information content (AvgIpc) is 2.60. The first-order valence-corrected chi connectivity index (χ1v) is 8.62. The van der Waals surface area contributed by atoms with E-state index in [1.165, 1.54) is 18.7 Å². The molecule has 0 heterocycles. The summed E-state index contributed by atoms with van der Waals surface area (Å²) in [7, 11) is 1.80. The third kappa shape index (κ3) is 5.15. The van der Waals surface area contributed by atoms with Crippen molar-refractivity contribution in [2.24, 2.45) is 0 Å². The Morgan fingerprint density at radius 1 is 1.35 bits per heavy atom. The van der Waals surface area contributed by atoms with E-state index in [0.717, 1.165) is 37.8 Å². The number of alkyl halides is 3. The van der Waals surface area contributed by atoms with Crippen LogP contribution in [0.5, 0.6) is 0 Å². The lowest BCUT2D eigenvalue weighted by Crippen LogP contribution is -2.30. The van der Waals surface area contributed by atoms with E-state index in [2.05, 4.69) is 5.32 Å². The molecule has 0 bridgehead atoms. The number of hydrogen-bond acceptors (Lipinski definition) is 3. The van der Waals surface area contributed by atoms with Crippen LogP contribution in [-0.2, 0) is 11.0 Å². The molecule has 0 saturated heterocycles. The molecule has 0 atom stereocenters. The van der Waals surface area contributed by atoms with Crippen molar-refractivity contribution in [2.45, 2.75) is 44.3 Å². The van der Waals surface area contributed by atoms with Crippen LogP contribution in [0.4, 0.5) is 18.9 Å². The number of benzene rings is 1. The first-order chi connectivity index (χ1) is 12.2. The highest BCUT2D eigenvalue weighted by Gasteiger charge is 2.33. The number of amides is 1. The van der Waals surface area contributed by atoms with Crippen molar-refractivity contribution in [3.63, 3.8) is 0 Å². The first-order valence-electron chi connectivity index (χ1n) is 8.24. The van der Waals surface area contributed by atoms with Crippen molar-refractivity contribution in [3.8, 4) is 6.07 Å². The largest absolute Gasteiger partial charge is 0.417 e. The van der Waals surface area contributed by atoms with Crippen LogP contribution in [0, 0.1) is 11.3 Å². The molecule has 1 aliphatic carbocycles. The average molecular weight is 386 g/mol. The Bertz CT molecular complexity index is 734. The zero-order valence-corrected chi connectivity index (χ0v) is 15.0. The quantitative estimate of drug-likeness (QED) is 0.588. The van der Waals surface area contributed by atoms with Crippen LogP contribution in [0.1, 0.15) is 37.7 Å². The number of rotatable bonds is 4. The van der Waals surface area contributed by atoms with Gasteiger partial charge in [-0.15, -0.1) is 0 Å². The number of nitrogens with zero attached hydrogens (tertiary/aromatic N) is 2. The summed E-state index contributed by atoms with van der Waals surface area (Å²) in [6.45, 7) is 0. The molecular weight excluding hydrogens is 367 g/mol. The molecule has 0 radical (unpaired) electrons. The van der Waals surface area contributed by atoms with Gasteiger partial charge in [0.05, 0.1) is 10.6 Å². The van der Waals surface area contributed by atoms with Gasteiger partial charge in [0.15, 0.2) is 0 Å². The summed E-state index contributed by atoms with van der Waals surface area (Å²) in [4.78, 5) is 14.1. The van der Waals surface area contributed by atoms with Crippen LogP contribution < -0.4 is 5.32 Å². The van der Waals surface area contributed by atoms with Crippen LogP contribution in [0.3, 0.4) is 0 Å². The summed E-state index contributed by atoms with van der Waals surface area (Å²) in [5.74, 6) is -0.759. The number of nitriles is 1. The predicted molar refractivity (Wildman–Crippen MR) is 93.4 cm³/mol. The Morgan fingerprint density at radius 3 is 2.58 bits per heavy atom. The molecule has 8 heteroatoms. The van der Waals surface area contributed by atoms with Gasteiger partial charge in [0.25, 0.3) is 5.91 Å². The molecule has 1 aromatic rings. The van der Waals surface area contributed by atoms with Gasteiger partial charge in [0.1, 0.15) is 11.6 Å². The van der Waals surface area contributed by atoms with Gasteiger partial charge < -0.3 is 10.2 Å². The molecule has 1 aliphatic rings. The van der Waals surface area contributed by atoms with Gasteiger partial charge in [-0.3, -0.25) is 4.79 Å². The van der Waals surface area contributed by atoms with Gasteiger partial charge in [0.2, 0.25) is 0 Å². The third-order valence-electron chi connectivity index (χ3n) is 4.38. The standard InChI is InChI=1S/C18H19ClF3N3O/c1-25(14-5-3-2-4-6-14)11-12(10-23)17(26)24-13-7-8-16(19)15(9-13)18(20,21)22/h7-9,11,14H,2-6H2,1H3,(H,24,26)/b12-11-. The molecule has 1 aromatic carbocycles. The maximum atomic E-state index is 12.9. The molecule has 140 valence electrons. The highest BCUT2D eigenvalue weighted by molar-refractivity contribution is 6.31. The van der Waals surface area contributed by atoms with Crippen molar-refractivity contribution >= 4 is 23.2 Å². The fraction of sp³-hybridized carbons (Fsp3) is 0.444. The highest BCUT2D eigenvalue weighted by atomic mass is 35.5. The Morgan fingerprint density at radius 2 is 2.00 bits per heavy atom. The minimum absolute atomic E-state index is 0.0757. The Balaban J connectivity index is 2.14. The number of nitrogens with one attached hydrogen (secondary N) is 1. The lowest BCUT2D eigenvalue weighted by Gasteiger charge is -2.30. The molecule has 4 nitrogen and oxygen atoms in total. The molecule has 1 saturated carbocycles. The predicted octanol–water partition coefficient (Wildman–Crippen LogP) is 4.97. The smallest absolute Gasteiger partial charge is 0.376 e. The molecule has 1 N–H and O–H groups in total. The van der Waals surface area contributed by atoms with Crippen molar-refractivity contribution < 1.29 is 18.0 Å². The second-order valence-corrected chi connectivity index (χ2v) is 6.67. The second kappa shape index (κ2) is 8.45. The normalized spacial score (nSPS) is 16.1. The maximum absolute atomic E-state index is 12.9. The van der Waals surface area contributed by atoms with Crippen LogP contribution >= 0.6 is 11.6 Å². The highest BCUT2D eigenvalue weighted by Crippen LogP contribution is 2.36. The molecule has 0 aromatic heterocycles. The number of anilines is 1. The van der Waals surface area contributed by atoms with E-state index in [9.17, 15) is 23.2 Å². The number of carbonyl (C=O) groups excluding carboxylic acids is 1. The molecule has 0 spiro atoms. The lowest BCUT2D eigenvalue weighted by molar-refractivity contribution is -0.137. The third-order valence-corrected chi connectivity index (χ3v) is 4.71. The SMILES string of the molecule is CN(/C=C(/C#N)C(=O)Nc1ccc(Cl)c(C(F)(F)F)c1)C1CCCCC1. The fourth-order valence-corrected chi connectivity index (χ4v) is 3.18. The monoisotopic (exact) mass is 385 g/mol. The van der Waals surface area contributed by atoms with Crippen LogP contribution in [0.2, 0.25) is 5.02 Å². The summed E-state index contributed by atoms with van der Waals surface area (Å²) in [6.07, 6.45) is 2.17. The zero-order chi connectivity index (χ0) is 19.3. The zero-order valence-electron chi connectivity index (χ0n) is 14.2.